The first-order valence-electron chi connectivity index (χ1n) is 9.19. The van der Waals surface area contributed by atoms with E-state index in [1.807, 2.05) is 40.9 Å². The van der Waals surface area contributed by atoms with E-state index in [1.165, 1.54) is 0 Å². The highest BCUT2D eigenvalue weighted by molar-refractivity contribution is 9.10. The van der Waals surface area contributed by atoms with Crippen LogP contribution in [0.4, 0.5) is 5.69 Å². The Morgan fingerprint density at radius 2 is 1.82 bits per heavy atom. The third-order valence-electron chi connectivity index (χ3n) is 4.83. The normalized spacial score (nSPS) is 15.8. The van der Waals surface area contributed by atoms with E-state index in [4.69, 9.17) is 11.6 Å². The van der Waals surface area contributed by atoms with Gasteiger partial charge >= 0.3 is 0 Å². The molecule has 0 spiro atoms. The Morgan fingerprint density at radius 3 is 2.61 bits per heavy atom. The van der Waals surface area contributed by atoms with Gasteiger partial charge < -0.3 is 9.72 Å². The van der Waals surface area contributed by atoms with Crippen LogP contribution >= 0.6 is 27.5 Å². The molecule has 146 valence electrons. The molecular weight excluding hydrogens is 442 g/mol. The van der Waals surface area contributed by atoms with E-state index in [0.717, 1.165) is 48.5 Å². The Labute approximate surface area is 177 Å². The molecule has 1 aliphatic rings. The number of hydrogen-bond donors (Lipinski definition) is 1. The van der Waals surface area contributed by atoms with Crippen molar-refractivity contribution in [1.29, 1.82) is 0 Å². The lowest BCUT2D eigenvalue weighted by Gasteiger charge is -2.33. The van der Waals surface area contributed by atoms with E-state index in [-0.39, 0.29) is 5.91 Å². The molecule has 1 aliphatic heterocycles. The Morgan fingerprint density at radius 1 is 1.07 bits per heavy atom. The van der Waals surface area contributed by atoms with Crippen LogP contribution in [0.1, 0.15) is 5.69 Å². The topological polar surface area (TPSA) is 52.9 Å². The number of halogens is 2. The largest absolute Gasteiger partial charge is 0.324 e. The second-order valence-corrected chi connectivity index (χ2v) is 8.25. The van der Waals surface area contributed by atoms with Crippen LogP contribution in [0.2, 0.25) is 5.02 Å². The minimum absolute atomic E-state index is 0.0347. The van der Waals surface area contributed by atoms with Gasteiger partial charge in [-0.25, -0.2) is 4.98 Å². The van der Waals surface area contributed by atoms with Gasteiger partial charge in [-0.15, -0.1) is 0 Å². The number of hydrogen-bond acceptors (Lipinski definition) is 4. The minimum Gasteiger partial charge on any atom is -0.324 e. The number of benzene rings is 1. The number of pyridine rings is 1. The first kappa shape index (κ1) is 19.4. The molecule has 4 rings (SSSR count). The van der Waals surface area contributed by atoms with Gasteiger partial charge in [0.15, 0.2) is 0 Å². The van der Waals surface area contributed by atoms with Crippen LogP contribution in [0.5, 0.6) is 0 Å². The van der Waals surface area contributed by atoms with E-state index in [9.17, 15) is 4.79 Å². The van der Waals surface area contributed by atoms with E-state index in [1.54, 1.807) is 6.07 Å². The van der Waals surface area contributed by atoms with Crippen molar-refractivity contribution in [2.45, 2.75) is 6.54 Å². The van der Waals surface area contributed by atoms with E-state index in [2.05, 4.69) is 42.2 Å². The molecule has 3 aromatic rings. The van der Waals surface area contributed by atoms with Crippen LogP contribution in [-0.4, -0.2) is 57.8 Å². The van der Waals surface area contributed by atoms with Crippen LogP contribution in [0.15, 0.2) is 53.3 Å². The van der Waals surface area contributed by atoms with Gasteiger partial charge in [0, 0.05) is 49.6 Å². The van der Waals surface area contributed by atoms with Gasteiger partial charge in [0.25, 0.3) is 0 Å². The minimum atomic E-state index is -0.0347. The molecule has 3 heterocycles. The molecule has 1 amide bonds. The van der Waals surface area contributed by atoms with Crippen LogP contribution in [0.25, 0.3) is 5.65 Å². The predicted octanol–water partition coefficient (Wildman–Crippen LogP) is 3.51. The lowest BCUT2D eigenvalue weighted by Crippen LogP contribution is -2.48. The van der Waals surface area contributed by atoms with Crippen LogP contribution in [0.3, 0.4) is 0 Å². The van der Waals surface area contributed by atoms with Crippen molar-refractivity contribution in [3.05, 3.63) is 64.0 Å². The molecule has 0 unspecified atom stereocenters. The van der Waals surface area contributed by atoms with Crippen LogP contribution < -0.4 is 5.32 Å². The zero-order valence-electron chi connectivity index (χ0n) is 15.3. The second-order valence-electron chi connectivity index (χ2n) is 6.93. The number of carbonyl (C=O) groups excluding carboxylic acids is 1. The smallest absolute Gasteiger partial charge is 0.238 e. The summed E-state index contributed by atoms with van der Waals surface area (Å²) in [5, 5.41) is 3.44. The van der Waals surface area contributed by atoms with Gasteiger partial charge in [-0.05, 0) is 40.2 Å². The van der Waals surface area contributed by atoms with Crippen molar-refractivity contribution in [3.8, 4) is 0 Å². The highest BCUT2D eigenvalue weighted by Crippen LogP contribution is 2.20. The molecule has 8 heteroatoms. The summed E-state index contributed by atoms with van der Waals surface area (Å²) >= 11 is 9.59. The number of fused-ring (bicyclic) bond motifs is 1. The maximum atomic E-state index is 12.3. The van der Waals surface area contributed by atoms with Gasteiger partial charge in [-0.3, -0.25) is 14.6 Å². The lowest BCUT2D eigenvalue weighted by molar-refractivity contribution is -0.117. The van der Waals surface area contributed by atoms with Crippen molar-refractivity contribution < 1.29 is 4.79 Å². The van der Waals surface area contributed by atoms with E-state index < -0.39 is 0 Å². The third-order valence-corrected chi connectivity index (χ3v) is 5.63. The van der Waals surface area contributed by atoms with Crippen molar-refractivity contribution in [2.24, 2.45) is 0 Å². The molecule has 1 aromatic carbocycles. The molecule has 1 N–H and O–H groups in total. The average molecular weight is 463 g/mol. The molecule has 0 bridgehead atoms. The zero-order valence-corrected chi connectivity index (χ0v) is 17.7. The number of amides is 1. The fourth-order valence-electron chi connectivity index (χ4n) is 3.38. The zero-order chi connectivity index (χ0) is 19.5. The first-order chi connectivity index (χ1) is 13.6. The molecule has 0 atom stereocenters. The first-order valence-corrected chi connectivity index (χ1v) is 10.4. The second kappa shape index (κ2) is 8.61. The molecular formula is C20H21BrClN5O. The summed E-state index contributed by atoms with van der Waals surface area (Å²) in [6.07, 6.45) is 4.09. The van der Waals surface area contributed by atoms with Gasteiger partial charge in [-0.1, -0.05) is 23.7 Å². The van der Waals surface area contributed by atoms with Crippen molar-refractivity contribution in [2.75, 3.05) is 38.0 Å². The van der Waals surface area contributed by atoms with Gasteiger partial charge in [0.05, 0.1) is 22.9 Å². The molecule has 0 saturated carbocycles. The summed E-state index contributed by atoms with van der Waals surface area (Å²) in [7, 11) is 0. The quantitative estimate of drug-likeness (QED) is 0.630. The number of carbonyl (C=O) groups is 1. The molecule has 1 fully saturated rings. The van der Waals surface area contributed by atoms with E-state index in [0.29, 0.717) is 17.3 Å². The Balaban J connectivity index is 1.27. The summed E-state index contributed by atoms with van der Waals surface area (Å²) < 4.78 is 3.07. The monoisotopic (exact) mass is 461 g/mol. The summed E-state index contributed by atoms with van der Waals surface area (Å²) in [6.45, 7) is 4.73. The maximum absolute atomic E-state index is 12.3. The number of rotatable bonds is 5. The molecule has 0 radical (unpaired) electrons. The molecule has 2 aromatic heterocycles. The predicted molar refractivity (Wildman–Crippen MR) is 115 cm³/mol. The maximum Gasteiger partial charge on any atom is 0.238 e. The summed E-state index contributed by atoms with van der Waals surface area (Å²) in [5.41, 5.74) is 2.67. The Kier molecular flexibility index (Phi) is 5.96. The highest BCUT2D eigenvalue weighted by Gasteiger charge is 2.20. The fraction of sp³-hybridized carbons (Fsp3) is 0.300. The van der Waals surface area contributed by atoms with Crippen molar-refractivity contribution in [3.63, 3.8) is 0 Å². The Hall–Kier alpha value is -1.93. The fourth-order valence-corrected chi connectivity index (χ4v) is 3.92. The number of nitrogens with one attached hydrogen (secondary N) is 1. The van der Waals surface area contributed by atoms with Crippen molar-refractivity contribution in [1.82, 2.24) is 19.2 Å². The summed E-state index contributed by atoms with van der Waals surface area (Å²) in [5.74, 6) is -0.0347. The number of para-hydroxylation sites is 1. The standard InChI is InChI=1S/C20H21BrClN5O/c21-15-5-6-19-23-16(13-27(19)11-15)12-25-7-9-26(10-8-25)14-20(28)24-18-4-2-1-3-17(18)22/h1-6,11,13H,7-10,12,14H2,(H,24,28). The molecule has 28 heavy (non-hydrogen) atoms. The number of imidazole rings is 1. The SMILES string of the molecule is O=C(CN1CCN(Cc2cn3cc(Br)ccc3n2)CC1)Nc1ccccc1Cl. The number of nitrogens with zero attached hydrogens (tertiary/aromatic N) is 4. The number of aromatic nitrogens is 2. The van der Waals surface area contributed by atoms with Crippen molar-refractivity contribution >= 4 is 44.8 Å². The highest BCUT2D eigenvalue weighted by atomic mass is 79.9. The lowest BCUT2D eigenvalue weighted by atomic mass is 10.3. The van der Waals surface area contributed by atoms with Gasteiger partial charge in [-0.2, -0.15) is 0 Å². The summed E-state index contributed by atoms with van der Waals surface area (Å²) in [6, 6.07) is 11.3. The Bertz CT molecular complexity index is 984. The third kappa shape index (κ3) is 4.72. The number of anilines is 1. The van der Waals surface area contributed by atoms with E-state index >= 15 is 0 Å². The van der Waals surface area contributed by atoms with Gasteiger partial charge in [0.1, 0.15) is 5.65 Å². The molecule has 6 nitrogen and oxygen atoms in total. The number of piperazine rings is 1. The average Bonchev–Trinajstić information content (AvgIpc) is 3.06. The summed E-state index contributed by atoms with van der Waals surface area (Å²) in [4.78, 5) is 21.5. The van der Waals surface area contributed by atoms with Crippen LogP contribution in [-0.2, 0) is 11.3 Å². The van der Waals surface area contributed by atoms with Gasteiger partial charge in [0.2, 0.25) is 5.91 Å². The van der Waals surface area contributed by atoms with Crippen LogP contribution in [0, 0.1) is 0 Å². The molecule has 0 aliphatic carbocycles. The molecule has 1 saturated heterocycles.